The van der Waals surface area contributed by atoms with Crippen LogP contribution >= 0.6 is 11.6 Å². The van der Waals surface area contributed by atoms with Crippen molar-refractivity contribution in [1.82, 2.24) is 20.0 Å². The fourth-order valence-electron chi connectivity index (χ4n) is 4.33. The lowest BCUT2D eigenvalue weighted by Gasteiger charge is -2.27. The van der Waals surface area contributed by atoms with Gasteiger partial charge in [-0.05, 0) is 43.2 Å². The van der Waals surface area contributed by atoms with Crippen LogP contribution in [-0.2, 0) is 4.79 Å². The first-order valence-corrected chi connectivity index (χ1v) is 12.9. The summed E-state index contributed by atoms with van der Waals surface area (Å²) in [6.07, 6.45) is 2.64. The number of rotatable bonds is 8. The second-order valence-corrected chi connectivity index (χ2v) is 9.33. The highest BCUT2D eigenvalue weighted by Crippen LogP contribution is 2.26. The molecule has 0 N–H and O–H groups in total. The smallest absolute Gasteiger partial charge is 0.254 e. The van der Waals surface area contributed by atoms with Gasteiger partial charge in [-0.2, -0.15) is 0 Å². The van der Waals surface area contributed by atoms with Gasteiger partial charge in [-0.1, -0.05) is 61.3 Å². The van der Waals surface area contributed by atoms with Crippen LogP contribution in [0.25, 0.3) is 11.3 Å². The van der Waals surface area contributed by atoms with E-state index in [4.69, 9.17) is 11.6 Å². The molecule has 0 aliphatic carbocycles. The molecule has 0 bridgehead atoms. The molecule has 36 heavy (non-hydrogen) atoms. The van der Waals surface area contributed by atoms with Crippen molar-refractivity contribution in [2.45, 2.75) is 26.2 Å². The molecule has 1 fully saturated rings. The monoisotopic (exact) mass is 505 g/mol. The molecule has 2 amide bonds. The number of carbonyl (C=O) groups excluding carboxylic acids is 2. The molecule has 0 saturated carbocycles. The number of benzene rings is 2. The molecule has 0 atom stereocenters. The number of aromatic nitrogens is 2. The third kappa shape index (κ3) is 6.40. The Balaban J connectivity index is 1.38. The summed E-state index contributed by atoms with van der Waals surface area (Å²) in [4.78, 5) is 32.0. The molecule has 188 valence electrons. The van der Waals surface area contributed by atoms with E-state index < -0.39 is 0 Å². The highest BCUT2D eigenvalue weighted by atomic mass is 35.5. The largest absolute Gasteiger partial charge is 0.353 e. The maximum atomic E-state index is 13.2. The van der Waals surface area contributed by atoms with Crippen molar-refractivity contribution in [2.24, 2.45) is 0 Å². The average Bonchev–Trinajstić information content (AvgIpc) is 3.18. The van der Waals surface area contributed by atoms with Gasteiger partial charge in [-0.15, -0.1) is 10.2 Å². The lowest BCUT2D eigenvalue weighted by Crippen LogP contribution is -2.44. The van der Waals surface area contributed by atoms with Crippen LogP contribution < -0.4 is 4.90 Å². The molecular weight excluding hydrogens is 474 g/mol. The third-order valence-electron chi connectivity index (χ3n) is 6.39. The summed E-state index contributed by atoms with van der Waals surface area (Å²) in [5, 5.41) is 9.46. The molecule has 1 aliphatic rings. The Morgan fingerprint density at radius 2 is 1.69 bits per heavy atom. The van der Waals surface area contributed by atoms with Gasteiger partial charge < -0.3 is 14.7 Å². The van der Waals surface area contributed by atoms with E-state index >= 15 is 0 Å². The molecule has 0 unspecified atom stereocenters. The van der Waals surface area contributed by atoms with E-state index in [0.29, 0.717) is 36.8 Å². The molecule has 4 rings (SSSR count). The zero-order valence-corrected chi connectivity index (χ0v) is 21.4. The summed E-state index contributed by atoms with van der Waals surface area (Å²) < 4.78 is 0. The van der Waals surface area contributed by atoms with E-state index in [1.807, 2.05) is 59.5 Å². The molecule has 1 aromatic heterocycles. The Bertz CT molecular complexity index is 1160. The van der Waals surface area contributed by atoms with Crippen molar-refractivity contribution in [3.8, 4) is 11.3 Å². The average molecular weight is 506 g/mol. The first-order chi connectivity index (χ1) is 17.6. The number of anilines is 1. The summed E-state index contributed by atoms with van der Waals surface area (Å²) >= 11 is 6.29. The number of halogens is 1. The van der Waals surface area contributed by atoms with Crippen molar-refractivity contribution in [2.75, 3.05) is 44.2 Å². The number of hydrogen-bond acceptors (Lipinski definition) is 5. The van der Waals surface area contributed by atoms with Crippen molar-refractivity contribution in [3.63, 3.8) is 0 Å². The van der Waals surface area contributed by atoms with Gasteiger partial charge in [0.25, 0.3) is 5.91 Å². The zero-order chi connectivity index (χ0) is 25.3. The third-order valence-corrected chi connectivity index (χ3v) is 6.72. The number of unbranched alkanes of at least 4 members (excludes halogenated alkanes) is 1. The minimum atomic E-state index is -0.0947. The maximum absolute atomic E-state index is 13.2. The normalized spacial score (nSPS) is 13.8. The fourth-order valence-corrected chi connectivity index (χ4v) is 4.56. The van der Waals surface area contributed by atoms with Crippen molar-refractivity contribution in [3.05, 3.63) is 77.3 Å². The number of hydrogen-bond donors (Lipinski definition) is 0. The molecule has 3 aromatic rings. The van der Waals surface area contributed by atoms with Gasteiger partial charge in [0.2, 0.25) is 5.91 Å². The Morgan fingerprint density at radius 1 is 0.917 bits per heavy atom. The molecule has 0 spiro atoms. The summed E-state index contributed by atoms with van der Waals surface area (Å²) in [5.41, 5.74) is 2.19. The molecule has 8 heteroatoms. The van der Waals surface area contributed by atoms with E-state index in [-0.39, 0.29) is 18.4 Å². The van der Waals surface area contributed by atoms with Gasteiger partial charge in [0.15, 0.2) is 5.82 Å². The Labute approximate surface area is 217 Å². The Hall–Kier alpha value is -3.45. The summed E-state index contributed by atoms with van der Waals surface area (Å²) in [6.45, 7) is 5.43. The van der Waals surface area contributed by atoms with Crippen LogP contribution in [0.3, 0.4) is 0 Å². The van der Waals surface area contributed by atoms with Crippen LogP contribution in [0.1, 0.15) is 36.5 Å². The molecule has 0 radical (unpaired) electrons. The summed E-state index contributed by atoms with van der Waals surface area (Å²) in [7, 11) is 0. The first kappa shape index (κ1) is 25.6. The van der Waals surface area contributed by atoms with Crippen LogP contribution in [0.4, 0.5) is 5.82 Å². The predicted octanol–water partition coefficient (Wildman–Crippen LogP) is 4.78. The molecule has 1 saturated heterocycles. The van der Waals surface area contributed by atoms with Gasteiger partial charge >= 0.3 is 0 Å². The molecular formula is C28H32ClN5O2. The van der Waals surface area contributed by atoms with E-state index in [1.54, 1.807) is 17.0 Å². The minimum Gasteiger partial charge on any atom is -0.353 e. The lowest BCUT2D eigenvalue weighted by atomic mass is 10.1. The second kappa shape index (κ2) is 12.5. The van der Waals surface area contributed by atoms with Gasteiger partial charge in [-0.25, -0.2) is 0 Å². The van der Waals surface area contributed by atoms with E-state index in [9.17, 15) is 9.59 Å². The summed E-state index contributed by atoms with van der Waals surface area (Å²) in [5.74, 6) is 0.670. The van der Waals surface area contributed by atoms with Crippen molar-refractivity contribution >= 4 is 29.2 Å². The van der Waals surface area contributed by atoms with Crippen LogP contribution in [0.2, 0.25) is 5.02 Å². The number of carbonyl (C=O) groups is 2. The molecule has 7 nitrogen and oxygen atoms in total. The maximum Gasteiger partial charge on any atom is 0.254 e. The van der Waals surface area contributed by atoms with E-state index in [0.717, 1.165) is 42.9 Å². The van der Waals surface area contributed by atoms with Crippen LogP contribution in [0.5, 0.6) is 0 Å². The van der Waals surface area contributed by atoms with Crippen LogP contribution in [-0.4, -0.2) is 71.1 Å². The first-order valence-electron chi connectivity index (χ1n) is 12.5. The second-order valence-electron chi connectivity index (χ2n) is 8.92. The van der Waals surface area contributed by atoms with Crippen molar-refractivity contribution in [1.29, 1.82) is 0 Å². The fraction of sp³-hybridized carbons (Fsp3) is 0.357. The SMILES string of the molecule is CCCCN(CC(=O)N1CCCN(c2ccc(-c3ccccc3Cl)nn2)CC1)C(=O)c1ccccc1. The van der Waals surface area contributed by atoms with Gasteiger partial charge in [0.1, 0.15) is 6.54 Å². The molecule has 2 aromatic carbocycles. The predicted molar refractivity (Wildman–Crippen MR) is 143 cm³/mol. The number of amides is 2. The number of nitrogens with zero attached hydrogens (tertiary/aromatic N) is 5. The van der Waals surface area contributed by atoms with Gasteiger partial charge in [-0.3, -0.25) is 9.59 Å². The quantitative estimate of drug-likeness (QED) is 0.440. The Kier molecular flexibility index (Phi) is 8.90. The molecule has 1 aliphatic heterocycles. The highest BCUT2D eigenvalue weighted by Gasteiger charge is 2.24. The Morgan fingerprint density at radius 3 is 2.42 bits per heavy atom. The molecule has 2 heterocycles. The van der Waals surface area contributed by atoms with Crippen LogP contribution in [0, 0.1) is 0 Å². The highest BCUT2D eigenvalue weighted by molar-refractivity contribution is 6.33. The standard InChI is InChI=1S/C28H32ClN5O2/c1-2-3-16-34(28(36)22-10-5-4-6-11-22)21-27(35)33-18-9-17-32(19-20-33)26-15-14-25(30-31-26)23-12-7-8-13-24(23)29/h4-8,10-15H,2-3,9,16-21H2,1H3. The van der Waals surface area contributed by atoms with Gasteiger partial charge in [0.05, 0.1) is 10.7 Å². The van der Waals surface area contributed by atoms with Crippen molar-refractivity contribution < 1.29 is 9.59 Å². The van der Waals surface area contributed by atoms with Crippen LogP contribution in [0.15, 0.2) is 66.7 Å². The van der Waals surface area contributed by atoms with E-state index in [1.165, 1.54) is 0 Å². The minimum absolute atomic E-state index is 0.0163. The van der Waals surface area contributed by atoms with E-state index in [2.05, 4.69) is 22.0 Å². The van der Waals surface area contributed by atoms with Gasteiger partial charge in [0, 0.05) is 43.9 Å². The lowest BCUT2D eigenvalue weighted by molar-refractivity contribution is -0.131. The zero-order valence-electron chi connectivity index (χ0n) is 20.6. The summed E-state index contributed by atoms with van der Waals surface area (Å²) in [6, 6.07) is 20.6. The topological polar surface area (TPSA) is 69.6 Å².